The van der Waals surface area contributed by atoms with Gasteiger partial charge in [-0.25, -0.2) is 0 Å². The highest BCUT2D eigenvalue weighted by molar-refractivity contribution is 5.80. The van der Waals surface area contributed by atoms with Gasteiger partial charge in [-0.2, -0.15) is 10.2 Å². The standard InChI is InChI=1S/C24H22N2O4/c1-16(20-12-23(28-3)26-24(13-20)29-4)19-9-10-21(27-2)22(11-19)30-15-18-7-5-17(14-25)6-8-18/h5-13H,1,15H2,2-4H3. The van der Waals surface area contributed by atoms with E-state index in [-0.39, 0.29) is 0 Å². The number of aromatic nitrogens is 1. The van der Waals surface area contributed by atoms with E-state index in [2.05, 4.69) is 17.6 Å². The molecule has 0 N–H and O–H groups in total. The second kappa shape index (κ2) is 9.48. The van der Waals surface area contributed by atoms with Crippen LogP contribution < -0.4 is 18.9 Å². The van der Waals surface area contributed by atoms with Crippen molar-refractivity contribution in [3.8, 4) is 29.3 Å². The van der Waals surface area contributed by atoms with Gasteiger partial charge in [-0.3, -0.25) is 0 Å². The summed E-state index contributed by atoms with van der Waals surface area (Å²) < 4.78 is 21.9. The number of hydrogen-bond acceptors (Lipinski definition) is 6. The first kappa shape index (κ1) is 20.7. The molecule has 3 rings (SSSR count). The summed E-state index contributed by atoms with van der Waals surface area (Å²) in [7, 11) is 4.70. The number of ether oxygens (including phenoxy) is 4. The van der Waals surface area contributed by atoms with Gasteiger partial charge >= 0.3 is 0 Å². The summed E-state index contributed by atoms with van der Waals surface area (Å²) in [6.45, 7) is 4.56. The minimum atomic E-state index is 0.342. The predicted octanol–water partition coefficient (Wildman–Crippen LogP) is 4.62. The third-order valence-corrected chi connectivity index (χ3v) is 4.53. The zero-order valence-corrected chi connectivity index (χ0v) is 17.1. The van der Waals surface area contributed by atoms with Gasteiger partial charge in [0.1, 0.15) is 6.61 Å². The largest absolute Gasteiger partial charge is 0.493 e. The lowest BCUT2D eigenvalue weighted by Crippen LogP contribution is -1.99. The van der Waals surface area contributed by atoms with Gasteiger partial charge in [-0.15, -0.1) is 0 Å². The second-order valence-electron chi connectivity index (χ2n) is 6.38. The van der Waals surface area contributed by atoms with Crippen LogP contribution in [0.25, 0.3) is 5.57 Å². The van der Waals surface area contributed by atoms with E-state index in [1.165, 1.54) is 0 Å². The Labute approximate surface area is 175 Å². The first-order valence-electron chi connectivity index (χ1n) is 9.17. The zero-order valence-electron chi connectivity index (χ0n) is 17.1. The van der Waals surface area contributed by atoms with Crippen molar-refractivity contribution in [1.29, 1.82) is 5.26 Å². The van der Waals surface area contributed by atoms with Gasteiger partial charge in [0, 0.05) is 12.1 Å². The minimum absolute atomic E-state index is 0.342. The Morgan fingerprint density at radius 3 is 2.10 bits per heavy atom. The number of pyridine rings is 1. The summed E-state index contributed by atoms with van der Waals surface area (Å²) in [5.74, 6) is 2.09. The maximum Gasteiger partial charge on any atom is 0.216 e. The van der Waals surface area contributed by atoms with Crippen molar-refractivity contribution in [2.24, 2.45) is 0 Å². The summed E-state index contributed by atoms with van der Waals surface area (Å²) in [6, 6.07) is 18.6. The smallest absolute Gasteiger partial charge is 0.216 e. The molecule has 30 heavy (non-hydrogen) atoms. The van der Waals surface area contributed by atoms with E-state index in [0.717, 1.165) is 22.3 Å². The number of nitrogens with zero attached hydrogens (tertiary/aromatic N) is 2. The fourth-order valence-corrected chi connectivity index (χ4v) is 2.84. The minimum Gasteiger partial charge on any atom is -0.493 e. The Hall–Kier alpha value is -3.98. The topological polar surface area (TPSA) is 73.6 Å². The third-order valence-electron chi connectivity index (χ3n) is 4.53. The first-order valence-corrected chi connectivity index (χ1v) is 9.17. The molecule has 0 aliphatic heterocycles. The lowest BCUT2D eigenvalue weighted by Gasteiger charge is -2.14. The average Bonchev–Trinajstić information content (AvgIpc) is 2.81. The third kappa shape index (κ3) is 4.70. The molecule has 0 saturated heterocycles. The lowest BCUT2D eigenvalue weighted by atomic mass is 10.00. The van der Waals surface area contributed by atoms with Crippen LogP contribution in [-0.4, -0.2) is 26.3 Å². The van der Waals surface area contributed by atoms with E-state index in [4.69, 9.17) is 24.2 Å². The molecule has 2 aromatic carbocycles. The molecule has 0 radical (unpaired) electrons. The summed E-state index contributed by atoms with van der Waals surface area (Å²) in [5.41, 5.74) is 4.00. The van der Waals surface area contributed by atoms with Gasteiger partial charge in [0.2, 0.25) is 11.8 Å². The van der Waals surface area contributed by atoms with Crippen molar-refractivity contribution in [2.45, 2.75) is 6.61 Å². The molecule has 6 heteroatoms. The molecule has 0 aliphatic carbocycles. The zero-order chi connectivity index (χ0) is 21.5. The van der Waals surface area contributed by atoms with Crippen molar-refractivity contribution in [2.75, 3.05) is 21.3 Å². The average molecular weight is 402 g/mol. The quantitative estimate of drug-likeness (QED) is 0.547. The van der Waals surface area contributed by atoms with E-state index in [1.807, 2.05) is 30.3 Å². The highest BCUT2D eigenvalue weighted by atomic mass is 16.5. The fraction of sp³-hybridized carbons (Fsp3) is 0.167. The Morgan fingerprint density at radius 1 is 0.867 bits per heavy atom. The number of hydrogen-bond donors (Lipinski definition) is 0. The summed E-state index contributed by atoms with van der Waals surface area (Å²) >= 11 is 0. The molecule has 0 atom stereocenters. The van der Waals surface area contributed by atoms with Crippen LogP contribution in [0.15, 0.2) is 61.2 Å². The van der Waals surface area contributed by atoms with Crippen molar-refractivity contribution in [3.05, 3.63) is 83.4 Å². The lowest BCUT2D eigenvalue weighted by molar-refractivity contribution is 0.284. The van der Waals surface area contributed by atoms with Crippen LogP contribution in [0.1, 0.15) is 22.3 Å². The molecule has 6 nitrogen and oxygen atoms in total. The molecule has 0 unspecified atom stereocenters. The number of rotatable bonds is 8. The van der Waals surface area contributed by atoms with Crippen molar-refractivity contribution in [1.82, 2.24) is 4.98 Å². The molecule has 152 valence electrons. The summed E-state index contributed by atoms with van der Waals surface area (Å²) in [5, 5.41) is 8.92. The number of benzene rings is 2. The highest BCUT2D eigenvalue weighted by Crippen LogP contribution is 2.34. The monoisotopic (exact) mass is 402 g/mol. The van der Waals surface area contributed by atoms with Gasteiger partial charge in [0.25, 0.3) is 0 Å². The second-order valence-corrected chi connectivity index (χ2v) is 6.38. The molecule has 0 spiro atoms. The first-order chi connectivity index (χ1) is 14.6. The maximum absolute atomic E-state index is 8.92. The number of nitriles is 1. The number of methoxy groups -OCH3 is 3. The van der Waals surface area contributed by atoms with Crippen molar-refractivity contribution >= 4 is 5.57 Å². The summed E-state index contributed by atoms with van der Waals surface area (Å²) in [6.07, 6.45) is 0. The van der Waals surface area contributed by atoms with Gasteiger partial charge in [0.15, 0.2) is 11.5 Å². The molecule has 1 aromatic heterocycles. The van der Waals surface area contributed by atoms with Crippen LogP contribution in [0.5, 0.6) is 23.3 Å². The van der Waals surface area contributed by atoms with Crippen molar-refractivity contribution < 1.29 is 18.9 Å². The SMILES string of the molecule is C=C(c1cc(OC)nc(OC)c1)c1ccc(OC)c(OCc2ccc(C#N)cc2)c1. The van der Waals surface area contributed by atoms with Crippen molar-refractivity contribution in [3.63, 3.8) is 0 Å². The molecule has 0 bridgehead atoms. The van der Waals surface area contributed by atoms with Crippen LogP contribution in [0.2, 0.25) is 0 Å². The Bertz CT molecular complexity index is 1060. The molecule has 0 fully saturated rings. The molecule has 0 aliphatic rings. The maximum atomic E-state index is 8.92. The van der Waals surface area contributed by atoms with E-state index >= 15 is 0 Å². The molecule has 1 heterocycles. The Kier molecular flexibility index (Phi) is 6.56. The van der Waals surface area contributed by atoms with Crippen LogP contribution in [0.4, 0.5) is 0 Å². The van der Waals surface area contributed by atoms with Crippen LogP contribution in [0, 0.1) is 11.3 Å². The van der Waals surface area contributed by atoms with E-state index in [9.17, 15) is 0 Å². The van der Waals surface area contributed by atoms with Crippen LogP contribution >= 0.6 is 0 Å². The molecular formula is C24H22N2O4. The normalized spacial score (nSPS) is 10.1. The van der Waals surface area contributed by atoms with Gasteiger partial charge in [0.05, 0.1) is 33.0 Å². The highest BCUT2D eigenvalue weighted by Gasteiger charge is 2.12. The molecule has 0 amide bonds. The predicted molar refractivity (Wildman–Crippen MR) is 114 cm³/mol. The van der Waals surface area contributed by atoms with Gasteiger partial charge in [-0.1, -0.05) is 24.8 Å². The van der Waals surface area contributed by atoms with E-state index in [1.54, 1.807) is 45.6 Å². The fourth-order valence-electron chi connectivity index (χ4n) is 2.84. The van der Waals surface area contributed by atoms with Crippen LogP contribution in [-0.2, 0) is 6.61 Å². The van der Waals surface area contributed by atoms with Gasteiger partial charge in [-0.05, 0) is 46.5 Å². The molecule has 0 saturated carbocycles. The Morgan fingerprint density at radius 2 is 1.53 bits per heavy atom. The molecule has 3 aromatic rings. The van der Waals surface area contributed by atoms with Crippen LogP contribution in [0.3, 0.4) is 0 Å². The summed E-state index contributed by atoms with van der Waals surface area (Å²) in [4.78, 5) is 4.22. The Balaban J connectivity index is 1.86. The van der Waals surface area contributed by atoms with E-state index < -0.39 is 0 Å². The van der Waals surface area contributed by atoms with Gasteiger partial charge < -0.3 is 18.9 Å². The van der Waals surface area contributed by atoms with E-state index in [0.29, 0.717) is 35.4 Å². The molecular weight excluding hydrogens is 380 g/mol.